The maximum absolute atomic E-state index is 12.5. The Morgan fingerprint density at radius 3 is 2.48 bits per heavy atom. The van der Waals surface area contributed by atoms with E-state index in [-0.39, 0.29) is 30.4 Å². The first-order chi connectivity index (χ1) is 9.90. The van der Waals surface area contributed by atoms with Crippen LogP contribution in [0.3, 0.4) is 0 Å². The van der Waals surface area contributed by atoms with E-state index >= 15 is 0 Å². The Hall–Kier alpha value is -1.40. The Bertz CT molecular complexity index is 586. The third-order valence-corrected chi connectivity index (χ3v) is 4.65. The molecule has 116 valence electrons. The maximum atomic E-state index is 12.5. The molecule has 0 bridgehead atoms. The first-order valence-corrected chi connectivity index (χ1v) is 9.25. The molecule has 1 aliphatic rings. The molecule has 1 N–H and O–H groups in total. The summed E-state index contributed by atoms with van der Waals surface area (Å²) >= 11 is 0. The Balaban J connectivity index is 2.04. The van der Waals surface area contributed by atoms with E-state index < -0.39 is 9.84 Å². The van der Waals surface area contributed by atoms with Crippen molar-refractivity contribution < 1.29 is 13.2 Å². The molecule has 0 saturated carbocycles. The molecule has 1 aromatic rings. The summed E-state index contributed by atoms with van der Waals surface area (Å²) in [5.41, 5.74) is 1.10. The van der Waals surface area contributed by atoms with E-state index in [2.05, 4.69) is 5.32 Å². The standard InChI is InChI=1S/C15H22N2O3S/c1-3-14-16-13(11-12-7-5-4-6-8-12)15(18)17(14)9-10-21(2,19)20/h4-8,13-14,16H,3,9-11H2,1-2H3. The van der Waals surface area contributed by atoms with Crippen molar-refractivity contribution in [2.45, 2.75) is 32.0 Å². The van der Waals surface area contributed by atoms with Crippen LogP contribution in [0.1, 0.15) is 18.9 Å². The van der Waals surface area contributed by atoms with Crippen LogP contribution >= 0.6 is 0 Å². The summed E-state index contributed by atoms with van der Waals surface area (Å²) in [5.74, 6) is 0.00368. The highest BCUT2D eigenvalue weighted by Crippen LogP contribution is 2.17. The smallest absolute Gasteiger partial charge is 0.241 e. The lowest BCUT2D eigenvalue weighted by Gasteiger charge is -2.22. The van der Waals surface area contributed by atoms with E-state index in [4.69, 9.17) is 0 Å². The number of carbonyl (C=O) groups is 1. The highest BCUT2D eigenvalue weighted by molar-refractivity contribution is 7.90. The lowest BCUT2D eigenvalue weighted by atomic mass is 10.1. The molecule has 1 saturated heterocycles. The Morgan fingerprint density at radius 1 is 1.24 bits per heavy atom. The zero-order valence-corrected chi connectivity index (χ0v) is 13.3. The summed E-state index contributed by atoms with van der Waals surface area (Å²) in [6.45, 7) is 2.25. The minimum Gasteiger partial charge on any atom is -0.325 e. The molecule has 1 heterocycles. The number of nitrogens with zero attached hydrogens (tertiary/aromatic N) is 1. The molecule has 2 rings (SSSR count). The minimum absolute atomic E-state index is 0.00523. The van der Waals surface area contributed by atoms with E-state index in [9.17, 15) is 13.2 Å². The second-order valence-electron chi connectivity index (χ2n) is 5.49. The molecule has 5 nitrogen and oxygen atoms in total. The van der Waals surface area contributed by atoms with Gasteiger partial charge in [-0.25, -0.2) is 8.42 Å². The molecule has 1 aromatic carbocycles. The molecule has 21 heavy (non-hydrogen) atoms. The Labute approximate surface area is 126 Å². The molecule has 1 aliphatic heterocycles. The van der Waals surface area contributed by atoms with Gasteiger partial charge in [-0.1, -0.05) is 37.3 Å². The molecule has 6 heteroatoms. The van der Waals surface area contributed by atoms with Gasteiger partial charge < -0.3 is 4.90 Å². The second-order valence-corrected chi connectivity index (χ2v) is 7.75. The van der Waals surface area contributed by atoms with Crippen molar-refractivity contribution in [3.05, 3.63) is 35.9 Å². The van der Waals surface area contributed by atoms with Crippen molar-refractivity contribution in [3.8, 4) is 0 Å². The first kappa shape index (κ1) is 16.0. The predicted molar refractivity (Wildman–Crippen MR) is 82.6 cm³/mol. The fourth-order valence-electron chi connectivity index (χ4n) is 2.61. The van der Waals surface area contributed by atoms with Gasteiger partial charge in [0.25, 0.3) is 0 Å². The summed E-state index contributed by atoms with van der Waals surface area (Å²) in [7, 11) is -3.06. The predicted octanol–water partition coefficient (Wildman–Crippen LogP) is 0.810. The number of nitrogens with one attached hydrogen (secondary N) is 1. The monoisotopic (exact) mass is 310 g/mol. The lowest BCUT2D eigenvalue weighted by molar-refractivity contribution is -0.129. The fourth-order valence-corrected chi connectivity index (χ4v) is 3.14. The number of benzene rings is 1. The molecular weight excluding hydrogens is 288 g/mol. The summed E-state index contributed by atoms with van der Waals surface area (Å²) in [6.07, 6.45) is 2.52. The van der Waals surface area contributed by atoms with E-state index in [1.807, 2.05) is 37.3 Å². The van der Waals surface area contributed by atoms with Crippen LogP contribution in [0.15, 0.2) is 30.3 Å². The number of hydrogen-bond donors (Lipinski definition) is 1. The quantitative estimate of drug-likeness (QED) is 0.844. The molecule has 2 unspecified atom stereocenters. The third-order valence-electron chi connectivity index (χ3n) is 3.72. The minimum atomic E-state index is -3.06. The van der Waals surface area contributed by atoms with Gasteiger partial charge in [0.15, 0.2) is 0 Å². The van der Waals surface area contributed by atoms with Gasteiger partial charge in [0.1, 0.15) is 9.84 Å². The van der Waals surface area contributed by atoms with Gasteiger partial charge in [0.2, 0.25) is 5.91 Å². The summed E-state index contributed by atoms with van der Waals surface area (Å²) < 4.78 is 22.6. The number of carbonyl (C=O) groups excluding carboxylic acids is 1. The highest BCUT2D eigenvalue weighted by Gasteiger charge is 2.37. The van der Waals surface area contributed by atoms with Crippen LogP contribution in [0.25, 0.3) is 0 Å². The summed E-state index contributed by atoms with van der Waals surface area (Å²) in [5, 5.41) is 3.31. The number of rotatable bonds is 6. The van der Waals surface area contributed by atoms with Gasteiger partial charge in [-0.2, -0.15) is 0 Å². The zero-order chi connectivity index (χ0) is 15.5. The Kier molecular flexibility index (Phi) is 5.00. The van der Waals surface area contributed by atoms with Gasteiger partial charge in [-0.15, -0.1) is 0 Å². The molecule has 0 radical (unpaired) electrons. The van der Waals surface area contributed by atoms with Gasteiger partial charge in [0, 0.05) is 12.8 Å². The maximum Gasteiger partial charge on any atom is 0.241 e. The van der Waals surface area contributed by atoms with Gasteiger partial charge in [-0.05, 0) is 18.4 Å². The molecule has 0 aliphatic carbocycles. The van der Waals surface area contributed by atoms with Crippen LogP contribution < -0.4 is 5.32 Å². The molecule has 1 amide bonds. The largest absolute Gasteiger partial charge is 0.325 e. The van der Waals surface area contributed by atoms with Crippen LogP contribution in [0, 0.1) is 0 Å². The average Bonchev–Trinajstić information content (AvgIpc) is 2.73. The van der Waals surface area contributed by atoms with Crippen molar-refractivity contribution in [1.29, 1.82) is 0 Å². The topological polar surface area (TPSA) is 66.5 Å². The van der Waals surface area contributed by atoms with E-state index in [0.717, 1.165) is 12.0 Å². The van der Waals surface area contributed by atoms with Crippen LogP contribution in [0.5, 0.6) is 0 Å². The van der Waals surface area contributed by atoms with Crippen molar-refractivity contribution in [2.24, 2.45) is 0 Å². The highest BCUT2D eigenvalue weighted by atomic mass is 32.2. The van der Waals surface area contributed by atoms with Gasteiger partial charge in [0.05, 0.1) is 18.0 Å². The molecule has 2 atom stereocenters. The van der Waals surface area contributed by atoms with Crippen molar-refractivity contribution in [3.63, 3.8) is 0 Å². The summed E-state index contributed by atoms with van der Waals surface area (Å²) in [6, 6.07) is 9.57. The van der Waals surface area contributed by atoms with Crippen LogP contribution in [0.2, 0.25) is 0 Å². The van der Waals surface area contributed by atoms with Crippen molar-refractivity contribution >= 4 is 15.7 Å². The first-order valence-electron chi connectivity index (χ1n) is 7.19. The van der Waals surface area contributed by atoms with E-state index in [0.29, 0.717) is 6.42 Å². The van der Waals surface area contributed by atoms with E-state index in [1.54, 1.807) is 4.90 Å². The average molecular weight is 310 g/mol. The van der Waals surface area contributed by atoms with Crippen LogP contribution in [-0.4, -0.2) is 50.0 Å². The molecular formula is C15H22N2O3S. The third kappa shape index (κ3) is 4.28. The SMILES string of the molecule is CCC1NC(Cc2ccccc2)C(=O)N1CCS(C)(=O)=O. The van der Waals surface area contributed by atoms with Crippen LogP contribution in [0.4, 0.5) is 0 Å². The van der Waals surface area contributed by atoms with E-state index in [1.165, 1.54) is 6.26 Å². The summed E-state index contributed by atoms with van der Waals surface area (Å²) in [4.78, 5) is 14.1. The fraction of sp³-hybridized carbons (Fsp3) is 0.533. The van der Waals surface area contributed by atoms with Crippen molar-refractivity contribution in [1.82, 2.24) is 10.2 Å². The van der Waals surface area contributed by atoms with Gasteiger partial charge >= 0.3 is 0 Å². The molecule has 0 aromatic heterocycles. The Morgan fingerprint density at radius 2 is 1.90 bits per heavy atom. The normalized spacial score (nSPS) is 22.8. The van der Waals surface area contributed by atoms with Crippen molar-refractivity contribution in [2.75, 3.05) is 18.6 Å². The zero-order valence-electron chi connectivity index (χ0n) is 12.5. The second kappa shape index (κ2) is 6.58. The molecule has 1 fully saturated rings. The number of sulfone groups is 1. The lowest BCUT2D eigenvalue weighted by Crippen LogP contribution is -2.39. The molecule has 0 spiro atoms. The van der Waals surface area contributed by atoms with Gasteiger partial charge in [-0.3, -0.25) is 10.1 Å². The van der Waals surface area contributed by atoms with Crippen LogP contribution in [-0.2, 0) is 21.1 Å². The number of amides is 1. The number of hydrogen-bond acceptors (Lipinski definition) is 4.